The second-order valence-electron chi connectivity index (χ2n) is 5.27. The smallest absolute Gasteiger partial charge is 0.252 e. The van der Waals surface area contributed by atoms with Gasteiger partial charge >= 0.3 is 0 Å². The number of nitriles is 1. The van der Waals surface area contributed by atoms with E-state index in [1.165, 1.54) is 18.2 Å². The van der Waals surface area contributed by atoms with Crippen molar-refractivity contribution in [1.29, 1.82) is 5.26 Å². The standard InChI is InChI=1S/C18H13FN4O2/c1-11-21-17(23-25-11)12-5-4-6-13(9-12)18(24)22-16(10-20)14-7-2-3-8-15(14)19/h2-9,16H,1H3,(H,22,24)/t16-/m1/s1. The molecule has 1 heterocycles. The SMILES string of the molecule is Cc1nc(-c2cccc(C(=O)N[C@H](C#N)c3ccccc3F)c2)no1. The van der Waals surface area contributed by atoms with E-state index in [0.29, 0.717) is 22.8 Å². The summed E-state index contributed by atoms with van der Waals surface area (Å²) in [6, 6.07) is 13.2. The molecule has 0 unspecified atom stereocenters. The topological polar surface area (TPSA) is 91.8 Å². The molecule has 25 heavy (non-hydrogen) atoms. The minimum absolute atomic E-state index is 0.114. The number of aromatic nitrogens is 2. The molecule has 1 N–H and O–H groups in total. The molecular formula is C18H13FN4O2. The Hall–Kier alpha value is -3.53. The average Bonchev–Trinajstić information content (AvgIpc) is 3.07. The predicted octanol–water partition coefficient (Wildman–Crippen LogP) is 3.18. The van der Waals surface area contributed by atoms with E-state index in [0.717, 1.165) is 0 Å². The molecule has 0 fully saturated rings. The van der Waals surface area contributed by atoms with Crippen molar-refractivity contribution in [3.63, 3.8) is 0 Å². The Morgan fingerprint density at radius 3 is 2.76 bits per heavy atom. The Morgan fingerprint density at radius 1 is 1.28 bits per heavy atom. The van der Waals surface area contributed by atoms with Crippen LogP contribution < -0.4 is 5.32 Å². The van der Waals surface area contributed by atoms with Gasteiger partial charge in [-0.2, -0.15) is 10.2 Å². The average molecular weight is 336 g/mol. The van der Waals surface area contributed by atoms with Crippen LogP contribution in [-0.4, -0.2) is 16.0 Å². The largest absolute Gasteiger partial charge is 0.339 e. The molecule has 0 radical (unpaired) electrons. The molecule has 3 rings (SSSR count). The van der Waals surface area contributed by atoms with E-state index < -0.39 is 17.8 Å². The van der Waals surface area contributed by atoms with Crippen LogP contribution in [0, 0.1) is 24.1 Å². The molecule has 0 aliphatic heterocycles. The third-order valence-corrected chi connectivity index (χ3v) is 3.53. The van der Waals surface area contributed by atoms with Gasteiger partial charge < -0.3 is 9.84 Å². The maximum Gasteiger partial charge on any atom is 0.252 e. The lowest BCUT2D eigenvalue weighted by molar-refractivity contribution is 0.0944. The number of nitrogens with zero attached hydrogens (tertiary/aromatic N) is 3. The fraction of sp³-hybridized carbons (Fsp3) is 0.111. The van der Waals surface area contributed by atoms with Crippen LogP contribution in [0.15, 0.2) is 53.1 Å². The van der Waals surface area contributed by atoms with Crippen LogP contribution >= 0.6 is 0 Å². The van der Waals surface area contributed by atoms with Crippen molar-refractivity contribution < 1.29 is 13.7 Å². The van der Waals surface area contributed by atoms with Crippen LogP contribution in [0.5, 0.6) is 0 Å². The zero-order chi connectivity index (χ0) is 17.8. The minimum Gasteiger partial charge on any atom is -0.339 e. The predicted molar refractivity (Wildman–Crippen MR) is 86.7 cm³/mol. The number of amides is 1. The third-order valence-electron chi connectivity index (χ3n) is 3.53. The molecule has 1 aromatic heterocycles. The highest BCUT2D eigenvalue weighted by atomic mass is 19.1. The van der Waals surface area contributed by atoms with Crippen molar-refractivity contribution in [2.24, 2.45) is 0 Å². The summed E-state index contributed by atoms with van der Waals surface area (Å²) in [4.78, 5) is 16.5. The summed E-state index contributed by atoms with van der Waals surface area (Å²) in [6.45, 7) is 1.67. The fourth-order valence-electron chi connectivity index (χ4n) is 2.32. The van der Waals surface area contributed by atoms with E-state index in [4.69, 9.17) is 4.52 Å². The quantitative estimate of drug-likeness (QED) is 0.790. The second-order valence-corrected chi connectivity index (χ2v) is 5.27. The van der Waals surface area contributed by atoms with Gasteiger partial charge in [0.2, 0.25) is 11.7 Å². The minimum atomic E-state index is -1.09. The molecule has 7 heteroatoms. The Kier molecular flexibility index (Phi) is 4.53. The molecule has 0 aliphatic rings. The summed E-state index contributed by atoms with van der Waals surface area (Å²) in [6.07, 6.45) is 0. The van der Waals surface area contributed by atoms with Crippen LogP contribution in [0.25, 0.3) is 11.4 Å². The first-order chi connectivity index (χ1) is 12.1. The van der Waals surface area contributed by atoms with Crippen LogP contribution in [0.1, 0.15) is 27.9 Å². The zero-order valence-electron chi connectivity index (χ0n) is 13.2. The van der Waals surface area contributed by atoms with Crippen molar-refractivity contribution in [1.82, 2.24) is 15.5 Å². The highest BCUT2D eigenvalue weighted by Gasteiger charge is 2.19. The molecule has 0 saturated carbocycles. The number of carbonyl (C=O) groups excluding carboxylic acids is 1. The summed E-state index contributed by atoms with van der Waals surface area (Å²) in [5.41, 5.74) is 1.02. The molecule has 124 valence electrons. The summed E-state index contributed by atoms with van der Waals surface area (Å²) < 4.78 is 18.8. The number of halogens is 1. The summed E-state index contributed by atoms with van der Waals surface area (Å²) >= 11 is 0. The van der Waals surface area contributed by atoms with Gasteiger partial charge in [-0.3, -0.25) is 4.79 Å². The third kappa shape index (κ3) is 3.53. The maximum absolute atomic E-state index is 13.8. The van der Waals surface area contributed by atoms with Gasteiger partial charge in [0, 0.05) is 23.6 Å². The van der Waals surface area contributed by atoms with Crippen molar-refractivity contribution in [2.75, 3.05) is 0 Å². The van der Waals surface area contributed by atoms with E-state index in [9.17, 15) is 14.4 Å². The molecule has 0 bridgehead atoms. The van der Waals surface area contributed by atoms with Gasteiger partial charge in [-0.1, -0.05) is 35.5 Å². The highest BCUT2D eigenvalue weighted by Crippen LogP contribution is 2.19. The van der Waals surface area contributed by atoms with Crippen molar-refractivity contribution in [3.8, 4) is 17.5 Å². The van der Waals surface area contributed by atoms with Gasteiger partial charge in [-0.05, 0) is 18.2 Å². The number of rotatable bonds is 4. The van der Waals surface area contributed by atoms with E-state index in [1.807, 2.05) is 6.07 Å². The summed E-state index contributed by atoms with van der Waals surface area (Å²) in [7, 11) is 0. The van der Waals surface area contributed by atoms with Gasteiger partial charge in [-0.15, -0.1) is 0 Å². The molecule has 3 aromatic rings. The van der Waals surface area contributed by atoms with Crippen LogP contribution in [-0.2, 0) is 0 Å². The Labute approximate surface area is 142 Å². The van der Waals surface area contributed by atoms with E-state index in [1.54, 1.807) is 37.3 Å². The molecule has 0 saturated heterocycles. The lowest BCUT2D eigenvalue weighted by Gasteiger charge is -2.13. The van der Waals surface area contributed by atoms with Crippen molar-refractivity contribution in [3.05, 3.63) is 71.4 Å². The molecule has 6 nitrogen and oxygen atoms in total. The number of nitrogens with one attached hydrogen (secondary N) is 1. The van der Waals surface area contributed by atoms with Gasteiger partial charge in [-0.25, -0.2) is 4.39 Å². The molecule has 1 amide bonds. The van der Waals surface area contributed by atoms with Crippen LogP contribution in [0.2, 0.25) is 0 Å². The molecule has 0 aliphatic carbocycles. The number of aryl methyl sites for hydroxylation is 1. The second kappa shape index (κ2) is 6.93. The van der Waals surface area contributed by atoms with Gasteiger partial charge in [0.05, 0.1) is 6.07 Å². The number of carbonyl (C=O) groups is 1. The van der Waals surface area contributed by atoms with E-state index in [2.05, 4.69) is 15.5 Å². The molecule has 1 atom stereocenters. The van der Waals surface area contributed by atoms with E-state index in [-0.39, 0.29) is 5.56 Å². The Bertz CT molecular complexity index is 961. The van der Waals surface area contributed by atoms with Gasteiger partial charge in [0.1, 0.15) is 11.9 Å². The van der Waals surface area contributed by atoms with Gasteiger partial charge in [0.15, 0.2) is 0 Å². The van der Waals surface area contributed by atoms with Crippen molar-refractivity contribution >= 4 is 5.91 Å². The van der Waals surface area contributed by atoms with Crippen LogP contribution in [0.3, 0.4) is 0 Å². The first-order valence-corrected chi connectivity index (χ1v) is 7.44. The Balaban J connectivity index is 1.84. The normalized spacial score (nSPS) is 11.6. The first-order valence-electron chi connectivity index (χ1n) is 7.44. The highest BCUT2D eigenvalue weighted by molar-refractivity contribution is 5.95. The summed E-state index contributed by atoms with van der Waals surface area (Å²) in [5, 5.41) is 15.6. The monoisotopic (exact) mass is 336 g/mol. The molecular weight excluding hydrogens is 323 g/mol. The molecule has 2 aromatic carbocycles. The molecule has 0 spiro atoms. The van der Waals surface area contributed by atoms with Gasteiger partial charge in [0.25, 0.3) is 5.91 Å². The van der Waals surface area contributed by atoms with Crippen molar-refractivity contribution in [2.45, 2.75) is 13.0 Å². The fourth-order valence-corrected chi connectivity index (χ4v) is 2.32. The summed E-state index contributed by atoms with van der Waals surface area (Å²) in [5.74, 6) is -0.283. The maximum atomic E-state index is 13.8. The Morgan fingerprint density at radius 2 is 2.08 bits per heavy atom. The lowest BCUT2D eigenvalue weighted by atomic mass is 10.1. The van der Waals surface area contributed by atoms with Crippen LogP contribution in [0.4, 0.5) is 4.39 Å². The number of hydrogen-bond acceptors (Lipinski definition) is 5. The first kappa shape index (κ1) is 16.3. The van der Waals surface area contributed by atoms with E-state index >= 15 is 0 Å². The number of benzene rings is 2. The number of hydrogen-bond donors (Lipinski definition) is 1. The zero-order valence-corrected chi connectivity index (χ0v) is 13.2. The lowest BCUT2D eigenvalue weighted by Crippen LogP contribution is -2.28.